The van der Waals surface area contributed by atoms with E-state index in [-0.39, 0.29) is 18.0 Å². The first kappa shape index (κ1) is 23.0. The molecule has 2 rings (SSSR count). The zero-order chi connectivity index (χ0) is 22.1. The highest BCUT2D eigenvalue weighted by atomic mass is 79.9. The lowest BCUT2D eigenvalue weighted by Gasteiger charge is -2.10. The fraction of sp³-hybridized carbons (Fsp3) is 0.250. The number of halogens is 1. The minimum Gasteiger partial charge on any atom is -0.503 e. The molecule has 0 bridgehead atoms. The highest BCUT2D eigenvalue weighted by molar-refractivity contribution is 9.10. The van der Waals surface area contributed by atoms with Crippen LogP contribution in [0.25, 0.3) is 0 Å². The molecule has 0 aliphatic carbocycles. The van der Waals surface area contributed by atoms with Crippen molar-refractivity contribution in [1.29, 1.82) is 0 Å². The molecule has 9 nitrogen and oxygen atoms in total. The van der Waals surface area contributed by atoms with Gasteiger partial charge >= 0.3 is 11.8 Å². The molecule has 0 heterocycles. The van der Waals surface area contributed by atoms with E-state index in [9.17, 15) is 14.7 Å². The molecule has 30 heavy (non-hydrogen) atoms. The van der Waals surface area contributed by atoms with Crippen LogP contribution in [-0.2, 0) is 16.0 Å². The molecule has 3 N–H and O–H groups in total. The normalized spacial score (nSPS) is 10.5. The van der Waals surface area contributed by atoms with Crippen molar-refractivity contribution in [3.8, 4) is 23.0 Å². The maximum absolute atomic E-state index is 11.9. The molecule has 2 aromatic rings. The lowest BCUT2D eigenvalue weighted by molar-refractivity contribution is -0.139. The van der Waals surface area contributed by atoms with E-state index in [2.05, 4.69) is 31.8 Å². The van der Waals surface area contributed by atoms with Crippen LogP contribution < -0.4 is 25.0 Å². The van der Waals surface area contributed by atoms with E-state index in [4.69, 9.17) is 14.2 Å². The Kier molecular flexibility index (Phi) is 8.48. The molecule has 0 radical (unpaired) electrons. The molecule has 160 valence electrons. The molecule has 2 amide bonds. The smallest absolute Gasteiger partial charge is 0.329 e. The highest BCUT2D eigenvalue weighted by Gasteiger charge is 2.12. The fourth-order valence-corrected chi connectivity index (χ4v) is 2.94. The van der Waals surface area contributed by atoms with E-state index in [0.717, 1.165) is 5.56 Å². The minimum atomic E-state index is -0.900. The third kappa shape index (κ3) is 6.11. The number of hydrogen-bond donors (Lipinski definition) is 3. The maximum Gasteiger partial charge on any atom is 0.329 e. The third-order valence-electron chi connectivity index (χ3n) is 4.00. The van der Waals surface area contributed by atoms with E-state index in [1.54, 1.807) is 32.4 Å². The summed E-state index contributed by atoms with van der Waals surface area (Å²) in [5.74, 6) is -0.315. The van der Waals surface area contributed by atoms with Gasteiger partial charge in [-0.2, -0.15) is 5.10 Å². The number of nitrogens with zero attached hydrogens (tertiary/aromatic N) is 1. The molecule has 0 saturated carbocycles. The van der Waals surface area contributed by atoms with Gasteiger partial charge in [0.15, 0.2) is 23.0 Å². The van der Waals surface area contributed by atoms with Crippen molar-refractivity contribution in [3.63, 3.8) is 0 Å². The molecule has 0 aliphatic rings. The third-order valence-corrected chi connectivity index (χ3v) is 4.61. The molecule has 2 aromatic carbocycles. The molecular weight excluding hydrogens is 458 g/mol. The second-order valence-electron chi connectivity index (χ2n) is 5.95. The first-order valence-electron chi connectivity index (χ1n) is 8.78. The van der Waals surface area contributed by atoms with Crippen LogP contribution in [0.15, 0.2) is 39.9 Å². The number of benzene rings is 2. The van der Waals surface area contributed by atoms with Crippen LogP contribution in [0.5, 0.6) is 23.0 Å². The Morgan fingerprint density at radius 1 is 1.03 bits per heavy atom. The van der Waals surface area contributed by atoms with E-state index in [1.807, 2.05) is 6.07 Å². The Labute approximate surface area is 182 Å². The number of phenols is 1. The van der Waals surface area contributed by atoms with Gasteiger partial charge in [-0.15, -0.1) is 0 Å². The summed E-state index contributed by atoms with van der Waals surface area (Å²) in [6.07, 6.45) is 1.82. The van der Waals surface area contributed by atoms with Gasteiger partial charge in [0, 0.05) is 6.54 Å². The molecule has 0 aliphatic heterocycles. The summed E-state index contributed by atoms with van der Waals surface area (Å²) in [5, 5.41) is 16.0. The maximum atomic E-state index is 11.9. The van der Waals surface area contributed by atoms with Gasteiger partial charge in [-0.25, -0.2) is 5.43 Å². The van der Waals surface area contributed by atoms with E-state index in [1.165, 1.54) is 19.4 Å². The number of ether oxygens (including phenoxy) is 3. The van der Waals surface area contributed by atoms with E-state index < -0.39 is 11.8 Å². The number of methoxy groups -OCH3 is 3. The van der Waals surface area contributed by atoms with E-state index >= 15 is 0 Å². The van der Waals surface area contributed by atoms with Gasteiger partial charge in [0.05, 0.1) is 32.0 Å². The molecular formula is C20H22BrN3O6. The Morgan fingerprint density at radius 2 is 1.73 bits per heavy atom. The number of hydrogen-bond acceptors (Lipinski definition) is 7. The number of carbonyl (C=O) groups excluding carboxylic acids is 2. The number of amides is 2. The number of rotatable bonds is 8. The van der Waals surface area contributed by atoms with Gasteiger partial charge in [0.1, 0.15) is 0 Å². The molecule has 0 spiro atoms. The molecule has 10 heteroatoms. The van der Waals surface area contributed by atoms with Gasteiger partial charge in [-0.3, -0.25) is 9.59 Å². The second kappa shape index (κ2) is 11.1. The molecule has 0 atom stereocenters. The molecule has 0 unspecified atom stereocenters. The zero-order valence-electron chi connectivity index (χ0n) is 16.7. The van der Waals surface area contributed by atoms with Crippen LogP contribution in [-0.4, -0.2) is 51.0 Å². The first-order chi connectivity index (χ1) is 14.4. The standard InChI is InChI=1S/C20H22BrN3O6/c1-28-15-5-4-12(9-16(15)29-2)6-7-22-19(26)20(27)24-23-11-13-8-14(21)18(25)17(10-13)30-3/h4-5,8-11,25H,6-7H2,1-3H3,(H,22,26)(H,24,27)/b23-11-. The molecule has 0 saturated heterocycles. The van der Waals surface area contributed by atoms with Gasteiger partial charge < -0.3 is 24.6 Å². The van der Waals surface area contributed by atoms with Crippen molar-refractivity contribution in [2.45, 2.75) is 6.42 Å². The van der Waals surface area contributed by atoms with Crippen LogP contribution in [0.3, 0.4) is 0 Å². The van der Waals surface area contributed by atoms with Gasteiger partial charge in [0.25, 0.3) is 0 Å². The largest absolute Gasteiger partial charge is 0.503 e. The number of aromatic hydroxyl groups is 1. The molecule has 0 aromatic heterocycles. The summed E-state index contributed by atoms with van der Waals surface area (Å²) in [7, 11) is 4.51. The Balaban J connectivity index is 1.85. The van der Waals surface area contributed by atoms with Crippen molar-refractivity contribution >= 4 is 34.0 Å². The number of phenolic OH excluding ortho intramolecular Hbond substituents is 1. The van der Waals surface area contributed by atoms with Crippen molar-refractivity contribution in [3.05, 3.63) is 45.9 Å². The second-order valence-corrected chi connectivity index (χ2v) is 6.80. The van der Waals surface area contributed by atoms with Crippen molar-refractivity contribution in [2.75, 3.05) is 27.9 Å². The van der Waals surface area contributed by atoms with Crippen LogP contribution in [0.4, 0.5) is 0 Å². The first-order valence-corrected chi connectivity index (χ1v) is 9.57. The minimum absolute atomic E-state index is 0.0486. The van der Waals surface area contributed by atoms with Crippen LogP contribution in [0.1, 0.15) is 11.1 Å². The van der Waals surface area contributed by atoms with Crippen LogP contribution in [0, 0.1) is 0 Å². The lowest BCUT2D eigenvalue weighted by Crippen LogP contribution is -2.38. The van der Waals surface area contributed by atoms with Crippen molar-refractivity contribution < 1.29 is 28.9 Å². The Morgan fingerprint density at radius 3 is 2.40 bits per heavy atom. The van der Waals surface area contributed by atoms with Crippen LogP contribution in [0.2, 0.25) is 0 Å². The Bertz CT molecular complexity index is 948. The zero-order valence-corrected chi connectivity index (χ0v) is 18.3. The molecule has 0 fully saturated rings. The summed E-state index contributed by atoms with van der Waals surface area (Å²) in [6, 6.07) is 8.53. The predicted molar refractivity (Wildman–Crippen MR) is 114 cm³/mol. The highest BCUT2D eigenvalue weighted by Crippen LogP contribution is 2.34. The Hall–Kier alpha value is -3.27. The van der Waals surface area contributed by atoms with Gasteiger partial charge in [0.2, 0.25) is 0 Å². The number of carbonyl (C=O) groups is 2. The summed E-state index contributed by atoms with van der Waals surface area (Å²) in [4.78, 5) is 23.8. The summed E-state index contributed by atoms with van der Waals surface area (Å²) < 4.78 is 15.8. The van der Waals surface area contributed by atoms with Gasteiger partial charge in [-0.1, -0.05) is 6.07 Å². The average Bonchev–Trinajstić information content (AvgIpc) is 2.75. The summed E-state index contributed by atoms with van der Waals surface area (Å²) in [6.45, 7) is 0.257. The fourth-order valence-electron chi connectivity index (χ4n) is 2.48. The lowest BCUT2D eigenvalue weighted by atomic mass is 10.1. The topological polar surface area (TPSA) is 118 Å². The van der Waals surface area contributed by atoms with E-state index in [0.29, 0.717) is 28.0 Å². The SMILES string of the molecule is COc1ccc(CCNC(=O)C(=O)N/N=C\c2cc(Br)c(O)c(OC)c2)cc1OC. The van der Waals surface area contributed by atoms with Crippen molar-refractivity contribution in [1.82, 2.24) is 10.7 Å². The summed E-state index contributed by atoms with van der Waals surface area (Å²) in [5.41, 5.74) is 3.61. The van der Waals surface area contributed by atoms with Gasteiger partial charge in [-0.05, 0) is 57.7 Å². The average molecular weight is 480 g/mol. The number of nitrogens with one attached hydrogen (secondary N) is 2. The monoisotopic (exact) mass is 479 g/mol. The quantitative estimate of drug-likeness (QED) is 0.302. The summed E-state index contributed by atoms with van der Waals surface area (Å²) >= 11 is 3.19. The number of hydrazone groups is 1. The van der Waals surface area contributed by atoms with Crippen molar-refractivity contribution in [2.24, 2.45) is 5.10 Å². The van der Waals surface area contributed by atoms with Crippen LogP contribution >= 0.6 is 15.9 Å². The predicted octanol–water partition coefficient (Wildman–Crippen LogP) is 1.99.